The van der Waals surface area contributed by atoms with Crippen molar-refractivity contribution in [3.8, 4) is 11.1 Å². The molecule has 1 unspecified atom stereocenters. The third-order valence-corrected chi connectivity index (χ3v) is 6.46. The summed E-state index contributed by atoms with van der Waals surface area (Å²) in [5.74, 6) is -2.42. The molecule has 2 heterocycles. The van der Waals surface area contributed by atoms with Crippen LogP contribution in [0.25, 0.3) is 22.8 Å². The summed E-state index contributed by atoms with van der Waals surface area (Å²) in [6.07, 6.45) is 8.85. The van der Waals surface area contributed by atoms with Gasteiger partial charge in [-0.25, -0.2) is 14.8 Å². The highest BCUT2D eigenvalue weighted by Gasteiger charge is 2.23. The van der Waals surface area contributed by atoms with Crippen LogP contribution in [-0.2, 0) is 16.1 Å². The predicted molar refractivity (Wildman–Crippen MR) is 141 cm³/mol. The second kappa shape index (κ2) is 11.9. The molecule has 0 aliphatic carbocycles. The standard InChI is InChI=1S/C27H25N5O4S/c28-24(33)9-8-23(27(35)36)31-25(34)21-7-6-18(15-22(21)19-4-2-1-3-5-19)14-20(26-30-11-13-37-26)16-32-12-10-29-17-32/h1-7,10-15,17,23H,8-9,16H2,(H2,28,33)(H,31,34)(H,35,36)/b20-14+. The van der Waals surface area contributed by atoms with Gasteiger partial charge in [-0.3, -0.25) is 9.59 Å². The number of aliphatic carboxylic acids is 1. The molecule has 0 fully saturated rings. The lowest BCUT2D eigenvalue weighted by Gasteiger charge is -2.16. The van der Waals surface area contributed by atoms with Crippen molar-refractivity contribution in [2.75, 3.05) is 0 Å². The van der Waals surface area contributed by atoms with Gasteiger partial charge in [-0.2, -0.15) is 0 Å². The minimum atomic E-state index is -1.24. The van der Waals surface area contributed by atoms with Crippen molar-refractivity contribution in [2.24, 2.45) is 5.73 Å². The van der Waals surface area contributed by atoms with Crippen LogP contribution in [0.1, 0.15) is 33.8 Å². The van der Waals surface area contributed by atoms with Crippen LogP contribution in [0.3, 0.4) is 0 Å². The van der Waals surface area contributed by atoms with Gasteiger partial charge in [-0.05, 0) is 41.3 Å². The van der Waals surface area contributed by atoms with E-state index in [2.05, 4.69) is 15.3 Å². The number of rotatable bonds is 11. The summed E-state index contributed by atoms with van der Waals surface area (Å²) in [5.41, 5.74) is 8.75. The number of aromatic nitrogens is 3. The first kappa shape index (κ1) is 25.5. The van der Waals surface area contributed by atoms with E-state index in [-0.39, 0.29) is 12.8 Å². The van der Waals surface area contributed by atoms with Gasteiger partial charge in [0.05, 0.1) is 12.9 Å². The van der Waals surface area contributed by atoms with Gasteiger partial charge in [0, 0.05) is 41.5 Å². The average Bonchev–Trinajstić information content (AvgIpc) is 3.61. The zero-order valence-corrected chi connectivity index (χ0v) is 20.6. The number of amides is 2. The zero-order chi connectivity index (χ0) is 26.2. The molecule has 4 N–H and O–H groups in total. The summed E-state index contributed by atoms with van der Waals surface area (Å²) in [4.78, 5) is 44.6. The molecule has 0 radical (unpaired) electrons. The third-order valence-electron chi connectivity index (χ3n) is 5.62. The number of carbonyl (C=O) groups excluding carboxylic acids is 2. The average molecular weight is 516 g/mol. The van der Waals surface area contributed by atoms with E-state index in [4.69, 9.17) is 5.73 Å². The predicted octanol–water partition coefficient (Wildman–Crippen LogP) is 3.70. The van der Waals surface area contributed by atoms with Crippen molar-refractivity contribution in [3.05, 3.63) is 95.0 Å². The van der Waals surface area contributed by atoms with Crippen molar-refractivity contribution in [1.82, 2.24) is 19.9 Å². The Labute approximate surface area is 217 Å². The Morgan fingerprint density at radius 2 is 1.95 bits per heavy atom. The normalized spacial score (nSPS) is 12.2. The number of carboxylic acid groups (broad SMARTS) is 1. The maximum Gasteiger partial charge on any atom is 0.326 e. The number of hydrogen-bond donors (Lipinski definition) is 3. The molecule has 2 amide bonds. The molecule has 37 heavy (non-hydrogen) atoms. The fourth-order valence-corrected chi connectivity index (χ4v) is 4.47. The van der Waals surface area contributed by atoms with Gasteiger partial charge < -0.3 is 20.7 Å². The topological polar surface area (TPSA) is 140 Å². The van der Waals surface area contributed by atoms with E-state index in [0.717, 1.165) is 21.7 Å². The number of nitrogens with one attached hydrogen (secondary N) is 1. The number of allylic oxidation sites excluding steroid dienone is 1. The molecular formula is C27H25N5O4S. The van der Waals surface area contributed by atoms with Gasteiger partial charge >= 0.3 is 5.97 Å². The second-order valence-electron chi connectivity index (χ2n) is 8.28. The maximum absolute atomic E-state index is 13.2. The third kappa shape index (κ3) is 6.77. The van der Waals surface area contributed by atoms with Crippen molar-refractivity contribution in [1.29, 1.82) is 0 Å². The number of nitrogens with zero attached hydrogens (tertiary/aromatic N) is 3. The molecule has 9 nitrogen and oxygen atoms in total. The van der Waals surface area contributed by atoms with E-state index < -0.39 is 23.8 Å². The van der Waals surface area contributed by atoms with E-state index in [1.165, 1.54) is 11.3 Å². The van der Waals surface area contributed by atoms with Gasteiger partial charge in [-0.15, -0.1) is 11.3 Å². The first-order chi connectivity index (χ1) is 17.9. The largest absolute Gasteiger partial charge is 0.480 e. The summed E-state index contributed by atoms with van der Waals surface area (Å²) in [5, 5.41) is 14.8. The van der Waals surface area contributed by atoms with Gasteiger partial charge in [0.25, 0.3) is 5.91 Å². The lowest BCUT2D eigenvalue weighted by atomic mass is 9.95. The summed E-state index contributed by atoms with van der Waals surface area (Å²) < 4.78 is 1.95. The Morgan fingerprint density at radius 3 is 2.59 bits per heavy atom. The van der Waals surface area contributed by atoms with Gasteiger partial charge in [0.2, 0.25) is 5.91 Å². The molecule has 2 aromatic heterocycles. The Morgan fingerprint density at radius 1 is 1.14 bits per heavy atom. The molecule has 0 saturated carbocycles. The van der Waals surface area contributed by atoms with Crippen LogP contribution in [0.2, 0.25) is 0 Å². The molecule has 10 heteroatoms. The van der Waals surface area contributed by atoms with Crippen LogP contribution in [0.5, 0.6) is 0 Å². The van der Waals surface area contributed by atoms with Crippen LogP contribution in [0.15, 0.2) is 78.8 Å². The fourth-order valence-electron chi connectivity index (χ4n) is 3.82. The summed E-state index contributed by atoms with van der Waals surface area (Å²) in [6.45, 7) is 0.566. The molecule has 0 aliphatic rings. The minimum Gasteiger partial charge on any atom is -0.480 e. The number of carboxylic acids is 1. The quantitative estimate of drug-likeness (QED) is 0.278. The first-order valence-corrected chi connectivity index (χ1v) is 12.4. The lowest BCUT2D eigenvalue weighted by Crippen LogP contribution is -2.41. The second-order valence-corrected chi connectivity index (χ2v) is 9.18. The van der Waals surface area contributed by atoms with E-state index in [0.29, 0.717) is 17.7 Å². The van der Waals surface area contributed by atoms with Crippen molar-refractivity contribution in [3.63, 3.8) is 0 Å². The molecule has 4 aromatic rings. The number of carbonyl (C=O) groups is 3. The maximum atomic E-state index is 13.2. The fraction of sp³-hybridized carbons (Fsp3) is 0.148. The minimum absolute atomic E-state index is 0.0939. The number of primary amides is 1. The Kier molecular flexibility index (Phi) is 8.22. The SMILES string of the molecule is NC(=O)CCC(NC(=O)c1ccc(/C=C(\Cn2ccnc2)c2nccs2)cc1-c1ccccc1)C(=O)O. The monoisotopic (exact) mass is 515 g/mol. The number of thiazole rings is 1. The number of imidazole rings is 1. The van der Waals surface area contributed by atoms with E-state index in [1.54, 1.807) is 24.8 Å². The molecule has 4 rings (SSSR count). The van der Waals surface area contributed by atoms with Gasteiger partial charge in [0.1, 0.15) is 11.0 Å². The van der Waals surface area contributed by atoms with Crippen molar-refractivity contribution < 1.29 is 19.5 Å². The van der Waals surface area contributed by atoms with Crippen LogP contribution in [-0.4, -0.2) is 43.5 Å². The highest BCUT2D eigenvalue weighted by atomic mass is 32.1. The number of benzene rings is 2. The molecule has 1 atom stereocenters. The molecule has 188 valence electrons. The van der Waals surface area contributed by atoms with Crippen LogP contribution in [0.4, 0.5) is 0 Å². The molecule has 0 saturated heterocycles. The Balaban J connectivity index is 1.71. The molecule has 0 aliphatic heterocycles. The molecule has 2 aromatic carbocycles. The zero-order valence-electron chi connectivity index (χ0n) is 19.8. The van der Waals surface area contributed by atoms with Crippen molar-refractivity contribution >= 4 is 40.8 Å². The van der Waals surface area contributed by atoms with E-state index in [9.17, 15) is 19.5 Å². The summed E-state index contributed by atoms with van der Waals surface area (Å²) >= 11 is 1.53. The molecule has 0 spiro atoms. The number of hydrogen-bond acceptors (Lipinski definition) is 6. The molecule has 0 bridgehead atoms. The van der Waals surface area contributed by atoms with Crippen LogP contribution in [0, 0.1) is 0 Å². The van der Waals surface area contributed by atoms with Gasteiger partial charge in [-0.1, -0.05) is 36.4 Å². The highest BCUT2D eigenvalue weighted by molar-refractivity contribution is 7.10. The van der Waals surface area contributed by atoms with E-state index in [1.807, 2.05) is 64.7 Å². The first-order valence-electron chi connectivity index (χ1n) is 11.5. The summed E-state index contributed by atoms with van der Waals surface area (Å²) in [6, 6.07) is 13.5. The van der Waals surface area contributed by atoms with Gasteiger partial charge in [0.15, 0.2) is 0 Å². The Bertz CT molecular complexity index is 1400. The smallest absolute Gasteiger partial charge is 0.326 e. The lowest BCUT2D eigenvalue weighted by molar-refractivity contribution is -0.139. The van der Waals surface area contributed by atoms with Crippen LogP contribution >= 0.6 is 11.3 Å². The highest BCUT2D eigenvalue weighted by Crippen LogP contribution is 2.28. The molecular weight excluding hydrogens is 490 g/mol. The van der Waals surface area contributed by atoms with Crippen LogP contribution < -0.4 is 11.1 Å². The Hall–Kier alpha value is -4.57. The summed E-state index contributed by atoms with van der Waals surface area (Å²) in [7, 11) is 0. The number of nitrogens with two attached hydrogens (primary N) is 1. The van der Waals surface area contributed by atoms with Crippen molar-refractivity contribution in [2.45, 2.75) is 25.4 Å². The van der Waals surface area contributed by atoms with E-state index >= 15 is 0 Å².